The van der Waals surface area contributed by atoms with Gasteiger partial charge < -0.3 is 0 Å². The summed E-state index contributed by atoms with van der Waals surface area (Å²) in [6.07, 6.45) is 1.72. The number of carbonyl (C=O) groups is 1. The maximum atomic E-state index is 11.3. The third-order valence-electron chi connectivity index (χ3n) is 3.21. The smallest absolute Gasteiger partial charge is 0.159 e. The van der Waals surface area contributed by atoms with Crippen molar-refractivity contribution in [3.05, 3.63) is 64.8 Å². The van der Waals surface area contributed by atoms with Gasteiger partial charge in [-0.1, -0.05) is 33.3 Å². The lowest BCUT2D eigenvalue weighted by molar-refractivity contribution is 0.101. The molecule has 0 saturated carbocycles. The Hall–Kier alpha value is -2.27. The Balaban J connectivity index is 2.02. The molecular formula is C16H12BrN3O. The summed E-state index contributed by atoms with van der Waals surface area (Å²) >= 11 is 3.42. The second kappa shape index (κ2) is 5.61. The van der Waals surface area contributed by atoms with Gasteiger partial charge >= 0.3 is 0 Å². The minimum atomic E-state index is 0.0493. The SMILES string of the molecule is CC(=O)c1ccc(-n2nncc2-c2ccc(Br)cc2)cc1. The summed E-state index contributed by atoms with van der Waals surface area (Å²) in [4.78, 5) is 11.3. The normalized spacial score (nSPS) is 10.6. The van der Waals surface area contributed by atoms with E-state index in [0.29, 0.717) is 5.56 Å². The molecule has 0 saturated heterocycles. The molecule has 0 amide bonds. The number of carbonyl (C=O) groups excluding carboxylic acids is 1. The largest absolute Gasteiger partial charge is 0.295 e. The van der Waals surface area contributed by atoms with Gasteiger partial charge in [-0.15, -0.1) is 5.10 Å². The molecule has 1 aromatic heterocycles. The third-order valence-corrected chi connectivity index (χ3v) is 3.74. The Kier molecular flexibility index (Phi) is 3.66. The first-order valence-corrected chi connectivity index (χ1v) is 7.22. The van der Waals surface area contributed by atoms with Crippen molar-refractivity contribution in [2.75, 3.05) is 0 Å². The molecular weight excluding hydrogens is 330 g/mol. The van der Waals surface area contributed by atoms with Gasteiger partial charge in [0.2, 0.25) is 0 Å². The first-order valence-electron chi connectivity index (χ1n) is 6.43. The molecule has 0 N–H and O–H groups in total. The van der Waals surface area contributed by atoms with E-state index >= 15 is 0 Å². The molecule has 0 fully saturated rings. The van der Waals surface area contributed by atoms with Crippen LogP contribution in [0.4, 0.5) is 0 Å². The van der Waals surface area contributed by atoms with Crippen molar-refractivity contribution >= 4 is 21.7 Å². The molecule has 0 unspecified atom stereocenters. The average molecular weight is 342 g/mol. The van der Waals surface area contributed by atoms with Crippen molar-refractivity contribution < 1.29 is 4.79 Å². The summed E-state index contributed by atoms with van der Waals surface area (Å²) < 4.78 is 2.78. The second-order valence-electron chi connectivity index (χ2n) is 4.64. The molecule has 0 radical (unpaired) electrons. The Morgan fingerprint density at radius 3 is 2.33 bits per heavy atom. The molecule has 0 aliphatic rings. The number of benzene rings is 2. The van der Waals surface area contributed by atoms with Crippen molar-refractivity contribution in [2.45, 2.75) is 6.92 Å². The Morgan fingerprint density at radius 1 is 1.05 bits per heavy atom. The summed E-state index contributed by atoms with van der Waals surface area (Å²) in [7, 11) is 0. The van der Waals surface area contributed by atoms with Crippen LogP contribution >= 0.6 is 15.9 Å². The van der Waals surface area contributed by atoms with Crippen LogP contribution in [-0.4, -0.2) is 20.8 Å². The van der Waals surface area contributed by atoms with Crippen LogP contribution in [0.15, 0.2) is 59.2 Å². The van der Waals surface area contributed by atoms with Crippen LogP contribution in [0.3, 0.4) is 0 Å². The number of rotatable bonds is 3. The zero-order valence-electron chi connectivity index (χ0n) is 11.3. The Morgan fingerprint density at radius 2 is 1.71 bits per heavy atom. The highest BCUT2D eigenvalue weighted by molar-refractivity contribution is 9.10. The molecule has 21 heavy (non-hydrogen) atoms. The summed E-state index contributed by atoms with van der Waals surface area (Å²) in [6.45, 7) is 1.55. The lowest BCUT2D eigenvalue weighted by atomic mass is 10.1. The molecule has 3 rings (SSSR count). The van der Waals surface area contributed by atoms with E-state index in [2.05, 4.69) is 26.2 Å². The first-order chi connectivity index (χ1) is 10.1. The maximum absolute atomic E-state index is 11.3. The van der Waals surface area contributed by atoms with E-state index < -0.39 is 0 Å². The number of nitrogens with zero attached hydrogens (tertiary/aromatic N) is 3. The zero-order chi connectivity index (χ0) is 14.8. The van der Waals surface area contributed by atoms with E-state index in [4.69, 9.17) is 0 Å². The monoisotopic (exact) mass is 341 g/mol. The van der Waals surface area contributed by atoms with Gasteiger partial charge in [-0.05, 0) is 43.3 Å². The topological polar surface area (TPSA) is 47.8 Å². The number of Topliss-reactive ketones (excluding diaryl/α,β-unsaturated/α-hetero) is 1. The van der Waals surface area contributed by atoms with Gasteiger partial charge in [0.15, 0.2) is 5.78 Å². The van der Waals surface area contributed by atoms with Crippen LogP contribution in [0.25, 0.3) is 16.9 Å². The molecule has 0 bridgehead atoms. The minimum absolute atomic E-state index is 0.0493. The second-order valence-corrected chi connectivity index (χ2v) is 5.56. The molecule has 2 aromatic carbocycles. The standard InChI is InChI=1S/C16H12BrN3O/c1-11(21)12-4-8-15(9-5-12)20-16(10-18-19-20)13-2-6-14(17)7-3-13/h2-10H,1H3. The highest BCUT2D eigenvalue weighted by Crippen LogP contribution is 2.23. The average Bonchev–Trinajstić information content (AvgIpc) is 2.97. The number of aromatic nitrogens is 3. The summed E-state index contributed by atoms with van der Waals surface area (Å²) in [5, 5.41) is 8.12. The fraction of sp³-hybridized carbons (Fsp3) is 0.0625. The van der Waals surface area contributed by atoms with Crippen molar-refractivity contribution in [2.24, 2.45) is 0 Å². The van der Waals surface area contributed by atoms with E-state index in [-0.39, 0.29) is 5.78 Å². The maximum Gasteiger partial charge on any atom is 0.159 e. The van der Waals surface area contributed by atoms with Crippen LogP contribution < -0.4 is 0 Å². The van der Waals surface area contributed by atoms with Gasteiger partial charge in [-0.25, -0.2) is 4.68 Å². The number of ketones is 1. The molecule has 1 heterocycles. The van der Waals surface area contributed by atoms with Gasteiger partial charge in [-0.3, -0.25) is 4.79 Å². The number of hydrogen-bond donors (Lipinski definition) is 0. The highest BCUT2D eigenvalue weighted by Gasteiger charge is 2.09. The van der Waals surface area contributed by atoms with E-state index in [1.807, 2.05) is 36.4 Å². The van der Waals surface area contributed by atoms with Crippen molar-refractivity contribution in [1.29, 1.82) is 0 Å². The van der Waals surface area contributed by atoms with E-state index in [1.54, 1.807) is 29.9 Å². The molecule has 0 atom stereocenters. The van der Waals surface area contributed by atoms with Crippen molar-refractivity contribution in [3.8, 4) is 16.9 Å². The van der Waals surface area contributed by atoms with E-state index in [9.17, 15) is 4.79 Å². The van der Waals surface area contributed by atoms with E-state index in [1.165, 1.54) is 0 Å². The first kappa shape index (κ1) is 13.7. The minimum Gasteiger partial charge on any atom is -0.295 e. The van der Waals surface area contributed by atoms with Gasteiger partial charge in [0.05, 0.1) is 17.6 Å². The van der Waals surface area contributed by atoms with Crippen LogP contribution in [0.1, 0.15) is 17.3 Å². The predicted molar refractivity (Wildman–Crippen MR) is 84.5 cm³/mol. The Labute approximate surface area is 130 Å². The number of halogens is 1. The predicted octanol–water partition coefficient (Wildman–Crippen LogP) is 3.90. The van der Waals surface area contributed by atoms with Crippen LogP contribution in [0, 0.1) is 0 Å². The molecule has 3 aromatic rings. The number of hydrogen-bond acceptors (Lipinski definition) is 3. The van der Waals surface area contributed by atoms with Crippen LogP contribution in [0.2, 0.25) is 0 Å². The molecule has 4 nitrogen and oxygen atoms in total. The van der Waals surface area contributed by atoms with Gasteiger partial charge in [0.25, 0.3) is 0 Å². The summed E-state index contributed by atoms with van der Waals surface area (Å²) in [5.41, 5.74) is 3.48. The molecule has 104 valence electrons. The fourth-order valence-electron chi connectivity index (χ4n) is 2.08. The van der Waals surface area contributed by atoms with Crippen LogP contribution in [-0.2, 0) is 0 Å². The molecule has 0 aliphatic carbocycles. The van der Waals surface area contributed by atoms with Gasteiger partial charge in [0.1, 0.15) is 0 Å². The van der Waals surface area contributed by atoms with E-state index in [0.717, 1.165) is 21.4 Å². The third kappa shape index (κ3) is 2.78. The summed E-state index contributed by atoms with van der Waals surface area (Å²) in [5.74, 6) is 0.0493. The van der Waals surface area contributed by atoms with Crippen molar-refractivity contribution in [3.63, 3.8) is 0 Å². The molecule has 0 aliphatic heterocycles. The lowest BCUT2D eigenvalue weighted by Gasteiger charge is -2.07. The fourth-order valence-corrected chi connectivity index (χ4v) is 2.34. The van der Waals surface area contributed by atoms with Crippen molar-refractivity contribution in [1.82, 2.24) is 15.0 Å². The van der Waals surface area contributed by atoms with Gasteiger partial charge in [-0.2, -0.15) is 0 Å². The van der Waals surface area contributed by atoms with Crippen LogP contribution in [0.5, 0.6) is 0 Å². The molecule has 0 spiro atoms. The Bertz CT molecular complexity index is 776. The zero-order valence-corrected chi connectivity index (χ0v) is 12.9. The lowest BCUT2D eigenvalue weighted by Crippen LogP contribution is -2.00. The highest BCUT2D eigenvalue weighted by atomic mass is 79.9. The van der Waals surface area contributed by atoms with Gasteiger partial charge in [0, 0.05) is 15.6 Å². The summed E-state index contributed by atoms with van der Waals surface area (Å²) in [6, 6.07) is 15.3. The molecule has 5 heteroatoms. The quantitative estimate of drug-likeness (QED) is 0.678.